The lowest BCUT2D eigenvalue weighted by Crippen LogP contribution is -2.27. The van der Waals surface area contributed by atoms with Gasteiger partial charge in [0.1, 0.15) is 5.75 Å². The number of benzene rings is 1. The van der Waals surface area contributed by atoms with E-state index in [-0.39, 0.29) is 0 Å². The standard InChI is InChI=1S/C14H22O2Si/c1-11(2)14(16-17(4,5)6)15-13-9-7-12(3)8-10-13/h7-10H,1-6H3. The first kappa shape index (κ1) is 13.8. The van der Waals surface area contributed by atoms with Gasteiger partial charge in [0.25, 0.3) is 5.95 Å². The van der Waals surface area contributed by atoms with Gasteiger partial charge in [-0.15, -0.1) is 0 Å². The minimum atomic E-state index is -1.63. The Kier molecular flexibility index (Phi) is 4.40. The molecule has 0 N–H and O–H groups in total. The molecule has 1 aromatic carbocycles. The van der Waals surface area contributed by atoms with Crippen molar-refractivity contribution in [3.05, 3.63) is 41.3 Å². The summed E-state index contributed by atoms with van der Waals surface area (Å²) >= 11 is 0. The molecule has 0 unspecified atom stereocenters. The van der Waals surface area contributed by atoms with Crippen LogP contribution in [0.1, 0.15) is 19.4 Å². The maximum absolute atomic E-state index is 5.93. The van der Waals surface area contributed by atoms with Crippen molar-refractivity contribution >= 4 is 8.32 Å². The molecule has 0 saturated heterocycles. The molecule has 94 valence electrons. The highest BCUT2D eigenvalue weighted by Gasteiger charge is 2.19. The Hall–Kier alpha value is -1.22. The normalized spacial score (nSPS) is 10.9. The van der Waals surface area contributed by atoms with Gasteiger partial charge in [-0.25, -0.2) is 0 Å². The molecule has 0 spiro atoms. The Balaban J connectivity index is 2.82. The number of rotatable bonds is 4. The van der Waals surface area contributed by atoms with Crippen LogP contribution in [-0.2, 0) is 4.43 Å². The third kappa shape index (κ3) is 5.09. The van der Waals surface area contributed by atoms with Crippen LogP contribution in [0, 0.1) is 6.92 Å². The van der Waals surface area contributed by atoms with E-state index in [9.17, 15) is 0 Å². The van der Waals surface area contributed by atoms with E-state index in [1.54, 1.807) is 0 Å². The maximum atomic E-state index is 5.93. The maximum Gasteiger partial charge on any atom is 0.269 e. The smallest absolute Gasteiger partial charge is 0.269 e. The summed E-state index contributed by atoms with van der Waals surface area (Å²) in [6.07, 6.45) is 0. The first-order valence-corrected chi connectivity index (χ1v) is 9.30. The lowest BCUT2D eigenvalue weighted by atomic mass is 10.2. The quantitative estimate of drug-likeness (QED) is 0.579. The van der Waals surface area contributed by atoms with Crippen LogP contribution in [0.5, 0.6) is 5.75 Å². The number of allylic oxidation sites excluding steroid dienone is 1. The number of ether oxygens (including phenoxy) is 1. The SMILES string of the molecule is CC(C)=C(Oc1ccc(C)cc1)O[Si](C)(C)C. The lowest BCUT2D eigenvalue weighted by molar-refractivity contribution is 0.215. The lowest BCUT2D eigenvalue weighted by Gasteiger charge is -2.22. The van der Waals surface area contributed by atoms with Gasteiger partial charge in [0.2, 0.25) is 8.32 Å². The van der Waals surface area contributed by atoms with Gasteiger partial charge in [0.15, 0.2) is 0 Å². The van der Waals surface area contributed by atoms with Crippen LogP contribution in [0.4, 0.5) is 0 Å². The minimum absolute atomic E-state index is 0.646. The van der Waals surface area contributed by atoms with Gasteiger partial charge >= 0.3 is 0 Å². The molecule has 0 aliphatic rings. The summed E-state index contributed by atoms with van der Waals surface area (Å²) in [5, 5.41) is 0. The van der Waals surface area contributed by atoms with Gasteiger partial charge in [0, 0.05) is 5.57 Å². The predicted molar refractivity (Wildman–Crippen MR) is 74.6 cm³/mol. The Morgan fingerprint density at radius 3 is 1.94 bits per heavy atom. The van der Waals surface area contributed by atoms with Gasteiger partial charge in [-0.05, 0) is 52.5 Å². The molecule has 0 aliphatic heterocycles. The molecule has 0 saturated carbocycles. The number of hydrogen-bond acceptors (Lipinski definition) is 2. The van der Waals surface area contributed by atoms with E-state index in [2.05, 4.69) is 26.6 Å². The molecular formula is C14H22O2Si. The van der Waals surface area contributed by atoms with Crippen LogP contribution < -0.4 is 4.74 Å². The van der Waals surface area contributed by atoms with Crippen molar-refractivity contribution in [1.29, 1.82) is 0 Å². The van der Waals surface area contributed by atoms with E-state index in [4.69, 9.17) is 9.16 Å². The second-order valence-electron chi connectivity index (χ2n) is 5.42. The van der Waals surface area contributed by atoms with Crippen molar-refractivity contribution < 1.29 is 9.16 Å². The molecule has 17 heavy (non-hydrogen) atoms. The Labute approximate surface area is 105 Å². The minimum Gasteiger partial charge on any atom is -0.519 e. The van der Waals surface area contributed by atoms with E-state index >= 15 is 0 Å². The summed E-state index contributed by atoms with van der Waals surface area (Å²) in [6.45, 7) is 12.5. The highest BCUT2D eigenvalue weighted by Crippen LogP contribution is 2.20. The zero-order valence-electron chi connectivity index (χ0n) is 11.6. The third-order valence-electron chi connectivity index (χ3n) is 2.04. The van der Waals surface area contributed by atoms with E-state index in [1.807, 2.05) is 38.1 Å². The molecule has 0 radical (unpaired) electrons. The van der Waals surface area contributed by atoms with Gasteiger partial charge in [-0.1, -0.05) is 17.7 Å². The molecule has 0 heterocycles. The molecule has 0 aromatic heterocycles. The first-order chi connectivity index (χ1) is 7.78. The Morgan fingerprint density at radius 2 is 1.53 bits per heavy atom. The van der Waals surface area contributed by atoms with Crippen LogP contribution >= 0.6 is 0 Å². The largest absolute Gasteiger partial charge is 0.519 e. The molecule has 3 heteroatoms. The summed E-state index contributed by atoms with van der Waals surface area (Å²) in [4.78, 5) is 0. The summed E-state index contributed by atoms with van der Waals surface area (Å²) in [6, 6.07) is 8.00. The topological polar surface area (TPSA) is 18.5 Å². The average Bonchev–Trinajstić information content (AvgIpc) is 2.18. The summed E-state index contributed by atoms with van der Waals surface area (Å²) in [5.41, 5.74) is 2.29. The Morgan fingerprint density at radius 1 is 1.00 bits per heavy atom. The third-order valence-corrected chi connectivity index (χ3v) is 2.84. The predicted octanol–water partition coefficient (Wildman–Crippen LogP) is 4.48. The molecule has 0 atom stereocenters. The van der Waals surface area contributed by atoms with Crippen molar-refractivity contribution in [2.75, 3.05) is 0 Å². The summed E-state index contributed by atoms with van der Waals surface area (Å²) in [5.74, 6) is 1.47. The molecule has 0 aliphatic carbocycles. The molecule has 2 nitrogen and oxygen atoms in total. The summed E-state index contributed by atoms with van der Waals surface area (Å²) < 4.78 is 11.7. The zero-order chi connectivity index (χ0) is 13.1. The first-order valence-electron chi connectivity index (χ1n) is 5.89. The molecule has 1 rings (SSSR count). The van der Waals surface area contributed by atoms with Crippen LogP contribution in [0.15, 0.2) is 35.8 Å². The fourth-order valence-electron chi connectivity index (χ4n) is 1.22. The van der Waals surface area contributed by atoms with Crippen molar-refractivity contribution in [3.63, 3.8) is 0 Å². The monoisotopic (exact) mass is 250 g/mol. The van der Waals surface area contributed by atoms with E-state index < -0.39 is 8.32 Å². The van der Waals surface area contributed by atoms with E-state index in [0.717, 1.165) is 11.3 Å². The van der Waals surface area contributed by atoms with Crippen LogP contribution in [0.3, 0.4) is 0 Å². The highest BCUT2D eigenvalue weighted by molar-refractivity contribution is 6.70. The number of aryl methyl sites for hydroxylation is 1. The molecule has 1 aromatic rings. The molecule has 0 bridgehead atoms. The molecule has 0 amide bonds. The number of hydrogen-bond donors (Lipinski definition) is 0. The second kappa shape index (κ2) is 5.41. The van der Waals surface area contributed by atoms with Gasteiger partial charge < -0.3 is 9.16 Å². The average molecular weight is 250 g/mol. The van der Waals surface area contributed by atoms with Gasteiger partial charge in [0.05, 0.1) is 0 Å². The fraction of sp³-hybridized carbons (Fsp3) is 0.429. The molecule has 0 fully saturated rings. The van der Waals surface area contributed by atoms with Crippen LogP contribution in [0.2, 0.25) is 19.6 Å². The van der Waals surface area contributed by atoms with Crippen LogP contribution in [0.25, 0.3) is 0 Å². The van der Waals surface area contributed by atoms with E-state index in [0.29, 0.717) is 5.95 Å². The van der Waals surface area contributed by atoms with Crippen LogP contribution in [-0.4, -0.2) is 8.32 Å². The summed E-state index contributed by atoms with van der Waals surface area (Å²) in [7, 11) is -1.63. The highest BCUT2D eigenvalue weighted by atomic mass is 28.4. The van der Waals surface area contributed by atoms with Crippen molar-refractivity contribution in [2.45, 2.75) is 40.4 Å². The molecular weight excluding hydrogens is 228 g/mol. The van der Waals surface area contributed by atoms with Crippen molar-refractivity contribution in [1.82, 2.24) is 0 Å². The van der Waals surface area contributed by atoms with Gasteiger partial charge in [-0.3, -0.25) is 0 Å². The van der Waals surface area contributed by atoms with Crippen molar-refractivity contribution in [3.8, 4) is 5.75 Å². The van der Waals surface area contributed by atoms with E-state index in [1.165, 1.54) is 5.56 Å². The zero-order valence-corrected chi connectivity index (χ0v) is 12.6. The second-order valence-corrected chi connectivity index (χ2v) is 9.85. The fourth-order valence-corrected chi connectivity index (χ4v) is 2.02. The Bertz CT molecular complexity index is 395. The van der Waals surface area contributed by atoms with Gasteiger partial charge in [-0.2, -0.15) is 0 Å². The van der Waals surface area contributed by atoms with Crippen molar-refractivity contribution in [2.24, 2.45) is 0 Å².